The maximum atomic E-state index is 12.9. The van der Waals surface area contributed by atoms with Crippen molar-refractivity contribution >= 4 is 25.8 Å². The van der Waals surface area contributed by atoms with Crippen molar-refractivity contribution in [2.75, 3.05) is 30.9 Å². The van der Waals surface area contributed by atoms with Crippen LogP contribution < -0.4 is 4.72 Å². The molecule has 0 saturated carbocycles. The Labute approximate surface area is 173 Å². The van der Waals surface area contributed by atoms with E-state index in [1.807, 2.05) is 29.2 Å². The number of nitrogens with one attached hydrogen (secondary N) is 1. The molecular formula is C20H30N2O5S2. The van der Waals surface area contributed by atoms with Crippen molar-refractivity contribution < 1.29 is 21.6 Å². The Morgan fingerprint density at radius 3 is 2.48 bits per heavy atom. The number of sulfonamides is 1. The van der Waals surface area contributed by atoms with Crippen LogP contribution in [0.3, 0.4) is 0 Å². The first-order valence-electron chi connectivity index (χ1n) is 10.2. The van der Waals surface area contributed by atoms with Gasteiger partial charge in [-0.3, -0.25) is 4.79 Å². The van der Waals surface area contributed by atoms with Gasteiger partial charge in [0.05, 0.1) is 24.2 Å². The summed E-state index contributed by atoms with van der Waals surface area (Å²) in [5, 5.41) is 0. The van der Waals surface area contributed by atoms with Crippen LogP contribution in [0, 0.1) is 0 Å². The third-order valence-corrected chi connectivity index (χ3v) is 8.33. The van der Waals surface area contributed by atoms with Crippen LogP contribution in [0.15, 0.2) is 24.3 Å². The summed E-state index contributed by atoms with van der Waals surface area (Å²) < 4.78 is 49.1. The molecule has 1 N–H and O–H groups in total. The summed E-state index contributed by atoms with van der Waals surface area (Å²) in [6.45, 7) is 1.17. The number of carbonyl (C=O) groups is 1. The number of amides is 1. The second kappa shape index (κ2) is 9.14. The molecule has 2 fully saturated rings. The zero-order chi connectivity index (χ0) is 21.1. The minimum Gasteiger partial charge on any atom is -0.342 e. The lowest BCUT2D eigenvalue weighted by Crippen LogP contribution is -2.36. The van der Waals surface area contributed by atoms with Crippen molar-refractivity contribution in [1.82, 2.24) is 9.62 Å². The molecule has 29 heavy (non-hydrogen) atoms. The molecule has 2 saturated heterocycles. The monoisotopic (exact) mass is 442 g/mol. The molecule has 162 valence electrons. The quantitative estimate of drug-likeness (QED) is 0.744. The molecule has 2 aliphatic heterocycles. The zero-order valence-electron chi connectivity index (χ0n) is 16.8. The smallest absolute Gasteiger partial charge is 0.227 e. The first-order chi connectivity index (χ1) is 13.6. The van der Waals surface area contributed by atoms with E-state index in [2.05, 4.69) is 4.72 Å². The molecule has 3 rings (SSSR count). The summed E-state index contributed by atoms with van der Waals surface area (Å²) >= 11 is 0. The molecule has 0 spiro atoms. The Kier molecular flexibility index (Phi) is 7.01. The summed E-state index contributed by atoms with van der Waals surface area (Å²) in [4.78, 5) is 14.8. The minimum atomic E-state index is -3.25. The van der Waals surface area contributed by atoms with E-state index in [-0.39, 0.29) is 29.4 Å². The second-order valence-corrected chi connectivity index (χ2v) is 12.3. The predicted molar refractivity (Wildman–Crippen MR) is 113 cm³/mol. The molecule has 0 radical (unpaired) electrons. The number of benzene rings is 1. The van der Waals surface area contributed by atoms with Gasteiger partial charge in [-0.1, -0.05) is 24.3 Å². The largest absolute Gasteiger partial charge is 0.342 e. The van der Waals surface area contributed by atoms with Gasteiger partial charge < -0.3 is 4.90 Å². The lowest BCUT2D eigenvalue weighted by atomic mass is 9.88. The summed E-state index contributed by atoms with van der Waals surface area (Å²) in [5.74, 6) is 0.637. The van der Waals surface area contributed by atoms with E-state index in [0.717, 1.165) is 30.2 Å². The average molecular weight is 443 g/mol. The van der Waals surface area contributed by atoms with Crippen molar-refractivity contribution in [2.45, 2.75) is 50.5 Å². The van der Waals surface area contributed by atoms with Crippen molar-refractivity contribution in [3.05, 3.63) is 35.4 Å². The SMILES string of the molecule is CS(=O)(=O)NC1CCCN(C(=O)Cc2ccccc2C2CCS(=O)(=O)CC2)CC1. The number of rotatable bonds is 5. The average Bonchev–Trinajstić information content (AvgIpc) is 2.86. The predicted octanol–water partition coefficient (Wildman–Crippen LogP) is 1.45. The molecule has 1 amide bonds. The van der Waals surface area contributed by atoms with Crippen LogP contribution in [0.25, 0.3) is 0 Å². The fourth-order valence-electron chi connectivity index (χ4n) is 4.34. The Bertz CT molecular complexity index is 929. The minimum absolute atomic E-state index is 0.0425. The summed E-state index contributed by atoms with van der Waals surface area (Å²) in [6, 6.07) is 7.71. The molecule has 2 aliphatic rings. The van der Waals surface area contributed by atoms with E-state index < -0.39 is 19.9 Å². The van der Waals surface area contributed by atoms with Gasteiger partial charge in [-0.25, -0.2) is 21.6 Å². The normalized spacial score (nSPS) is 23.5. The van der Waals surface area contributed by atoms with Gasteiger partial charge in [0.1, 0.15) is 9.84 Å². The van der Waals surface area contributed by atoms with Gasteiger partial charge in [-0.05, 0) is 49.1 Å². The molecule has 7 nitrogen and oxygen atoms in total. The van der Waals surface area contributed by atoms with Gasteiger partial charge in [-0.15, -0.1) is 0 Å². The first-order valence-corrected chi connectivity index (χ1v) is 13.9. The van der Waals surface area contributed by atoms with Crippen molar-refractivity contribution in [2.24, 2.45) is 0 Å². The number of nitrogens with zero attached hydrogens (tertiary/aromatic N) is 1. The fraction of sp³-hybridized carbons (Fsp3) is 0.650. The van der Waals surface area contributed by atoms with E-state index in [1.165, 1.54) is 0 Å². The molecule has 0 aromatic heterocycles. The van der Waals surface area contributed by atoms with Crippen LogP contribution in [-0.2, 0) is 31.1 Å². The molecule has 2 heterocycles. The molecular weight excluding hydrogens is 412 g/mol. The molecule has 0 aliphatic carbocycles. The van der Waals surface area contributed by atoms with E-state index in [9.17, 15) is 21.6 Å². The number of likely N-dealkylation sites (tertiary alicyclic amines) is 1. The third kappa shape index (κ3) is 6.52. The van der Waals surface area contributed by atoms with Gasteiger partial charge in [0.25, 0.3) is 0 Å². The molecule has 0 bridgehead atoms. The lowest BCUT2D eigenvalue weighted by molar-refractivity contribution is -0.130. The molecule has 1 aromatic rings. The second-order valence-electron chi connectivity index (χ2n) is 8.20. The maximum absolute atomic E-state index is 12.9. The van der Waals surface area contributed by atoms with Crippen LogP contribution in [-0.4, -0.2) is 64.5 Å². The van der Waals surface area contributed by atoms with Crippen LogP contribution in [0.1, 0.15) is 49.1 Å². The zero-order valence-corrected chi connectivity index (χ0v) is 18.5. The van der Waals surface area contributed by atoms with Crippen LogP contribution in [0.5, 0.6) is 0 Å². The molecule has 9 heteroatoms. The summed E-state index contributed by atoms with van der Waals surface area (Å²) in [6.07, 6.45) is 4.77. The summed E-state index contributed by atoms with van der Waals surface area (Å²) in [7, 11) is -6.17. The highest BCUT2D eigenvalue weighted by atomic mass is 32.2. The van der Waals surface area contributed by atoms with Crippen molar-refractivity contribution in [1.29, 1.82) is 0 Å². The number of hydrogen-bond acceptors (Lipinski definition) is 5. The Balaban J connectivity index is 1.64. The van der Waals surface area contributed by atoms with E-state index in [4.69, 9.17) is 0 Å². The number of hydrogen-bond donors (Lipinski definition) is 1. The fourth-order valence-corrected chi connectivity index (χ4v) is 6.67. The van der Waals surface area contributed by atoms with E-state index >= 15 is 0 Å². The summed E-state index contributed by atoms with van der Waals surface area (Å²) in [5.41, 5.74) is 2.05. The van der Waals surface area contributed by atoms with Crippen LogP contribution in [0.4, 0.5) is 0 Å². The number of carbonyl (C=O) groups excluding carboxylic acids is 1. The molecule has 1 unspecified atom stereocenters. The van der Waals surface area contributed by atoms with Crippen LogP contribution in [0.2, 0.25) is 0 Å². The van der Waals surface area contributed by atoms with E-state index in [0.29, 0.717) is 38.8 Å². The lowest BCUT2D eigenvalue weighted by Gasteiger charge is -2.26. The van der Waals surface area contributed by atoms with Crippen molar-refractivity contribution in [3.63, 3.8) is 0 Å². The molecule has 1 atom stereocenters. The molecule has 1 aromatic carbocycles. The van der Waals surface area contributed by atoms with Gasteiger partial charge in [0.2, 0.25) is 15.9 Å². The Morgan fingerprint density at radius 2 is 1.79 bits per heavy atom. The Morgan fingerprint density at radius 1 is 1.10 bits per heavy atom. The van der Waals surface area contributed by atoms with Crippen molar-refractivity contribution in [3.8, 4) is 0 Å². The number of sulfone groups is 1. The highest BCUT2D eigenvalue weighted by Crippen LogP contribution is 2.31. The first kappa shape index (κ1) is 22.2. The standard InChI is InChI=1S/C20H30N2O5S2/c1-28(24,25)21-18-6-4-11-22(12-8-18)20(23)15-17-5-2-3-7-19(17)16-9-13-29(26,27)14-10-16/h2-3,5,7,16,18,21H,4,6,8-15H2,1H3. The van der Waals surface area contributed by atoms with Crippen LogP contribution >= 0.6 is 0 Å². The third-order valence-electron chi connectivity index (χ3n) is 5.85. The van der Waals surface area contributed by atoms with E-state index in [1.54, 1.807) is 0 Å². The van der Waals surface area contributed by atoms with Gasteiger partial charge in [0.15, 0.2) is 0 Å². The maximum Gasteiger partial charge on any atom is 0.227 e. The highest BCUT2D eigenvalue weighted by Gasteiger charge is 2.27. The topological polar surface area (TPSA) is 101 Å². The van der Waals surface area contributed by atoms with Gasteiger partial charge in [0, 0.05) is 19.1 Å². The van der Waals surface area contributed by atoms with Gasteiger partial charge in [-0.2, -0.15) is 0 Å². The Hall–Kier alpha value is -1.45. The van der Waals surface area contributed by atoms with Gasteiger partial charge >= 0.3 is 0 Å². The highest BCUT2D eigenvalue weighted by molar-refractivity contribution is 7.91.